The van der Waals surface area contributed by atoms with Gasteiger partial charge in [0.1, 0.15) is 6.54 Å². The lowest BCUT2D eigenvalue weighted by Gasteiger charge is -2.33. The molecule has 5 nitrogen and oxygen atoms in total. The molecule has 0 saturated heterocycles. The molecule has 0 atom stereocenters. The van der Waals surface area contributed by atoms with Crippen molar-refractivity contribution < 1.29 is 9.32 Å². The largest absolute Gasteiger partial charge is 0.337 e. The van der Waals surface area contributed by atoms with E-state index >= 15 is 0 Å². The number of aromatic nitrogens is 2. The number of carbonyl (C=O) groups excluding carboxylic acids is 1. The van der Waals surface area contributed by atoms with Crippen molar-refractivity contribution in [2.75, 3.05) is 5.75 Å². The Bertz CT molecular complexity index is 908. The van der Waals surface area contributed by atoms with Crippen LogP contribution in [-0.2, 0) is 11.3 Å². The van der Waals surface area contributed by atoms with E-state index in [0.717, 1.165) is 23.3 Å². The van der Waals surface area contributed by atoms with Crippen molar-refractivity contribution in [3.8, 4) is 11.4 Å². The highest BCUT2D eigenvalue weighted by molar-refractivity contribution is 8.00. The Morgan fingerprint density at radius 3 is 2.41 bits per heavy atom. The van der Waals surface area contributed by atoms with Gasteiger partial charge in [0, 0.05) is 16.5 Å². The number of nitrogens with zero attached hydrogens (tertiary/aromatic N) is 3. The zero-order valence-electron chi connectivity index (χ0n) is 16.4. The number of carbonyl (C=O) groups is 1. The topological polar surface area (TPSA) is 59.2 Å². The minimum Gasteiger partial charge on any atom is -0.337 e. The Balaban J connectivity index is 1.47. The van der Waals surface area contributed by atoms with E-state index in [1.807, 2.05) is 65.6 Å². The zero-order valence-corrected chi connectivity index (χ0v) is 17.2. The van der Waals surface area contributed by atoms with Crippen LogP contribution in [0.3, 0.4) is 0 Å². The second-order valence-electron chi connectivity index (χ2n) is 7.29. The van der Waals surface area contributed by atoms with E-state index in [1.54, 1.807) is 11.8 Å². The first kappa shape index (κ1) is 19.7. The molecule has 1 aromatic heterocycles. The maximum atomic E-state index is 13.1. The summed E-state index contributed by atoms with van der Waals surface area (Å²) in [6.07, 6.45) is 5.66. The van der Waals surface area contributed by atoms with Crippen molar-refractivity contribution in [1.82, 2.24) is 15.0 Å². The first-order valence-corrected chi connectivity index (χ1v) is 11.1. The zero-order chi connectivity index (χ0) is 19.9. The highest BCUT2D eigenvalue weighted by Gasteiger charge is 2.27. The van der Waals surface area contributed by atoms with Crippen molar-refractivity contribution >= 4 is 17.7 Å². The van der Waals surface area contributed by atoms with Crippen LogP contribution in [0, 0.1) is 0 Å². The molecule has 1 amide bonds. The second kappa shape index (κ2) is 9.74. The fourth-order valence-electron chi connectivity index (χ4n) is 3.73. The van der Waals surface area contributed by atoms with Crippen molar-refractivity contribution in [3.63, 3.8) is 0 Å². The molecule has 0 N–H and O–H groups in total. The minimum atomic E-state index is 0.130. The van der Waals surface area contributed by atoms with Gasteiger partial charge in [-0.25, -0.2) is 0 Å². The Morgan fingerprint density at radius 2 is 1.69 bits per heavy atom. The first-order valence-electron chi connectivity index (χ1n) is 10.1. The average Bonchev–Trinajstić information content (AvgIpc) is 3.26. The smallest absolute Gasteiger partial charge is 0.246 e. The molecule has 0 aliphatic heterocycles. The summed E-state index contributed by atoms with van der Waals surface area (Å²) in [5.41, 5.74) is 0.915. The summed E-state index contributed by atoms with van der Waals surface area (Å²) < 4.78 is 5.49. The van der Waals surface area contributed by atoms with Crippen LogP contribution in [0.4, 0.5) is 0 Å². The van der Waals surface area contributed by atoms with Gasteiger partial charge in [0.05, 0.1) is 5.75 Å². The predicted octanol–water partition coefficient (Wildman–Crippen LogP) is 5.19. The molecular formula is C23H25N3O2S. The minimum absolute atomic E-state index is 0.130. The first-order chi connectivity index (χ1) is 14.3. The molecule has 29 heavy (non-hydrogen) atoms. The fraction of sp³-hybridized carbons (Fsp3) is 0.348. The lowest BCUT2D eigenvalue weighted by Crippen LogP contribution is -2.42. The van der Waals surface area contributed by atoms with Gasteiger partial charge < -0.3 is 9.42 Å². The van der Waals surface area contributed by atoms with E-state index in [0.29, 0.717) is 24.0 Å². The second-order valence-corrected chi connectivity index (χ2v) is 8.34. The van der Waals surface area contributed by atoms with Gasteiger partial charge in [-0.3, -0.25) is 4.79 Å². The predicted molar refractivity (Wildman–Crippen MR) is 114 cm³/mol. The van der Waals surface area contributed by atoms with Gasteiger partial charge >= 0.3 is 0 Å². The van der Waals surface area contributed by atoms with Gasteiger partial charge in [-0.05, 0) is 25.0 Å². The van der Waals surface area contributed by atoms with E-state index < -0.39 is 0 Å². The quantitative estimate of drug-likeness (QED) is 0.505. The fourth-order valence-corrected chi connectivity index (χ4v) is 4.53. The third-order valence-corrected chi connectivity index (χ3v) is 6.24. The summed E-state index contributed by atoms with van der Waals surface area (Å²) in [7, 11) is 0. The summed E-state index contributed by atoms with van der Waals surface area (Å²) >= 11 is 1.58. The lowest BCUT2D eigenvalue weighted by molar-refractivity contribution is -0.132. The van der Waals surface area contributed by atoms with Gasteiger partial charge in [-0.1, -0.05) is 73.0 Å². The van der Waals surface area contributed by atoms with Crippen LogP contribution < -0.4 is 0 Å². The Morgan fingerprint density at radius 1 is 1.00 bits per heavy atom. The van der Waals surface area contributed by atoms with Crippen LogP contribution in [-0.4, -0.2) is 32.7 Å². The molecule has 0 spiro atoms. The molecule has 150 valence electrons. The van der Waals surface area contributed by atoms with E-state index in [-0.39, 0.29) is 11.9 Å². The summed E-state index contributed by atoms with van der Waals surface area (Å²) in [6.45, 7) is 0.374. The number of thioether (sulfide) groups is 1. The maximum absolute atomic E-state index is 13.1. The standard InChI is InChI=1S/C23H25N3O2S/c27-22(17-29-20-14-8-3-9-15-20)26(19-12-6-2-7-13-19)16-21-24-23(25-28-21)18-10-4-1-5-11-18/h1,3-5,8-11,14-15,19H,2,6-7,12-13,16-17H2. The molecule has 1 saturated carbocycles. The van der Waals surface area contributed by atoms with Gasteiger partial charge in [-0.15, -0.1) is 11.8 Å². The number of rotatable bonds is 7. The number of hydrogen-bond acceptors (Lipinski definition) is 5. The molecule has 1 heterocycles. The highest BCUT2D eigenvalue weighted by atomic mass is 32.2. The van der Waals surface area contributed by atoms with Crippen molar-refractivity contribution in [3.05, 3.63) is 66.6 Å². The molecular weight excluding hydrogens is 382 g/mol. The molecule has 2 aromatic carbocycles. The van der Waals surface area contributed by atoms with Gasteiger partial charge in [-0.2, -0.15) is 4.98 Å². The molecule has 6 heteroatoms. The Hall–Kier alpha value is -2.60. The SMILES string of the molecule is O=C(CSc1ccccc1)N(Cc1nc(-c2ccccc2)no1)C1CCCCC1. The van der Waals surface area contributed by atoms with E-state index in [4.69, 9.17) is 4.52 Å². The average molecular weight is 408 g/mol. The van der Waals surface area contributed by atoms with Gasteiger partial charge in [0.25, 0.3) is 0 Å². The molecule has 1 fully saturated rings. The summed E-state index contributed by atoms with van der Waals surface area (Å²) in [5.74, 6) is 1.60. The van der Waals surface area contributed by atoms with Crippen LogP contribution in [0.25, 0.3) is 11.4 Å². The maximum Gasteiger partial charge on any atom is 0.246 e. The third-order valence-electron chi connectivity index (χ3n) is 5.25. The Kier molecular flexibility index (Phi) is 6.62. The van der Waals surface area contributed by atoms with Crippen LogP contribution in [0.5, 0.6) is 0 Å². The van der Waals surface area contributed by atoms with Crippen LogP contribution in [0.15, 0.2) is 70.1 Å². The normalized spacial score (nSPS) is 14.6. The summed E-state index contributed by atoms with van der Waals surface area (Å²) in [6, 6.07) is 20.1. The Labute approximate surface area is 175 Å². The molecule has 1 aliphatic rings. The van der Waals surface area contributed by atoms with Gasteiger partial charge in [0.15, 0.2) is 0 Å². The summed E-state index contributed by atoms with van der Waals surface area (Å²) in [4.78, 5) is 20.7. The summed E-state index contributed by atoms with van der Waals surface area (Å²) in [5, 5.41) is 4.11. The van der Waals surface area contributed by atoms with Crippen LogP contribution >= 0.6 is 11.8 Å². The molecule has 3 aromatic rings. The van der Waals surface area contributed by atoms with Crippen molar-refractivity contribution in [2.45, 2.75) is 49.6 Å². The van der Waals surface area contributed by atoms with E-state index in [1.165, 1.54) is 19.3 Å². The van der Waals surface area contributed by atoms with Gasteiger partial charge in [0.2, 0.25) is 17.6 Å². The third kappa shape index (κ3) is 5.26. The van der Waals surface area contributed by atoms with Crippen molar-refractivity contribution in [2.24, 2.45) is 0 Å². The molecule has 1 aliphatic carbocycles. The number of amides is 1. The molecule has 0 radical (unpaired) electrons. The van der Waals surface area contributed by atoms with E-state index in [2.05, 4.69) is 10.1 Å². The molecule has 4 rings (SSSR count). The van der Waals surface area contributed by atoms with Crippen LogP contribution in [0.2, 0.25) is 0 Å². The van der Waals surface area contributed by atoms with Crippen LogP contribution in [0.1, 0.15) is 38.0 Å². The van der Waals surface area contributed by atoms with Crippen molar-refractivity contribution in [1.29, 1.82) is 0 Å². The molecule has 0 bridgehead atoms. The number of benzene rings is 2. The molecule has 0 unspecified atom stereocenters. The monoisotopic (exact) mass is 407 g/mol. The van der Waals surface area contributed by atoms with E-state index in [9.17, 15) is 4.79 Å². The number of hydrogen-bond donors (Lipinski definition) is 0. The lowest BCUT2D eigenvalue weighted by atomic mass is 9.94. The highest BCUT2D eigenvalue weighted by Crippen LogP contribution is 2.26.